The number of aromatic nitrogens is 2. The van der Waals surface area contributed by atoms with E-state index in [1.807, 2.05) is 49.4 Å². The van der Waals surface area contributed by atoms with Gasteiger partial charge in [0.2, 0.25) is 0 Å². The lowest BCUT2D eigenvalue weighted by Gasteiger charge is -2.07. The second kappa shape index (κ2) is 5.85. The fraction of sp³-hybridized carbons (Fsp3) is 0.111. The van der Waals surface area contributed by atoms with Crippen molar-refractivity contribution in [2.24, 2.45) is 0 Å². The van der Waals surface area contributed by atoms with Gasteiger partial charge in [-0.25, -0.2) is 9.78 Å². The number of benzene rings is 2. The standard InChI is InChI=1S/C18H16N2O2/c1-13-19-16-4-2-3-5-17(16)20(13)12-15-8-6-14(7-9-15)10-11-18(21)22/h2-11H,12H2,1H3,(H,21,22)/b11-10+. The van der Waals surface area contributed by atoms with Crippen LogP contribution in [-0.4, -0.2) is 20.6 Å². The van der Waals surface area contributed by atoms with E-state index in [-0.39, 0.29) is 0 Å². The van der Waals surface area contributed by atoms with Crippen LogP contribution in [0, 0.1) is 6.92 Å². The molecule has 0 saturated carbocycles. The summed E-state index contributed by atoms with van der Waals surface area (Å²) in [6.07, 6.45) is 2.73. The molecule has 3 aromatic rings. The third kappa shape index (κ3) is 2.91. The van der Waals surface area contributed by atoms with Crippen molar-refractivity contribution in [3.05, 3.63) is 71.6 Å². The van der Waals surface area contributed by atoms with Crippen molar-refractivity contribution in [3.63, 3.8) is 0 Å². The molecule has 1 N–H and O–H groups in total. The summed E-state index contributed by atoms with van der Waals surface area (Å²) >= 11 is 0. The van der Waals surface area contributed by atoms with Crippen LogP contribution in [0.25, 0.3) is 17.1 Å². The smallest absolute Gasteiger partial charge is 0.328 e. The quantitative estimate of drug-likeness (QED) is 0.749. The van der Waals surface area contributed by atoms with E-state index in [1.165, 1.54) is 0 Å². The lowest BCUT2D eigenvalue weighted by molar-refractivity contribution is -0.131. The van der Waals surface area contributed by atoms with Crippen LogP contribution in [0.5, 0.6) is 0 Å². The molecule has 0 fully saturated rings. The van der Waals surface area contributed by atoms with Crippen molar-refractivity contribution in [2.45, 2.75) is 13.5 Å². The number of aryl methyl sites for hydroxylation is 1. The van der Waals surface area contributed by atoms with Gasteiger partial charge in [-0.3, -0.25) is 0 Å². The average Bonchev–Trinajstić information content (AvgIpc) is 2.83. The monoisotopic (exact) mass is 292 g/mol. The van der Waals surface area contributed by atoms with E-state index < -0.39 is 5.97 Å². The fourth-order valence-electron chi connectivity index (χ4n) is 2.48. The Morgan fingerprint density at radius 1 is 1.18 bits per heavy atom. The molecule has 1 aromatic heterocycles. The summed E-state index contributed by atoms with van der Waals surface area (Å²) in [5.41, 5.74) is 4.15. The number of hydrogen-bond acceptors (Lipinski definition) is 2. The summed E-state index contributed by atoms with van der Waals surface area (Å²) in [5.74, 6) is 0.0423. The van der Waals surface area contributed by atoms with Crippen molar-refractivity contribution in [1.82, 2.24) is 9.55 Å². The molecule has 0 amide bonds. The molecular weight excluding hydrogens is 276 g/mol. The molecule has 1 heterocycles. The van der Waals surface area contributed by atoms with Crippen LogP contribution in [0.3, 0.4) is 0 Å². The van der Waals surface area contributed by atoms with Gasteiger partial charge in [-0.15, -0.1) is 0 Å². The van der Waals surface area contributed by atoms with Gasteiger partial charge < -0.3 is 9.67 Å². The summed E-state index contributed by atoms with van der Waals surface area (Å²) < 4.78 is 2.18. The van der Waals surface area contributed by atoms with Gasteiger partial charge in [0.05, 0.1) is 11.0 Å². The van der Waals surface area contributed by atoms with Crippen molar-refractivity contribution in [1.29, 1.82) is 0 Å². The molecule has 0 spiro atoms. The van der Waals surface area contributed by atoms with Crippen LogP contribution in [0.15, 0.2) is 54.6 Å². The lowest BCUT2D eigenvalue weighted by Crippen LogP contribution is -2.01. The molecule has 2 aromatic carbocycles. The maximum atomic E-state index is 10.5. The highest BCUT2D eigenvalue weighted by atomic mass is 16.4. The predicted molar refractivity (Wildman–Crippen MR) is 86.7 cm³/mol. The fourth-order valence-corrected chi connectivity index (χ4v) is 2.48. The normalized spacial score (nSPS) is 11.3. The number of rotatable bonds is 4. The van der Waals surface area contributed by atoms with Gasteiger partial charge in [-0.2, -0.15) is 0 Å². The molecule has 0 unspecified atom stereocenters. The Bertz CT molecular complexity index is 845. The molecule has 0 aliphatic carbocycles. The van der Waals surface area contributed by atoms with E-state index in [4.69, 9.17) is 5.11 Å². The number of aliphatic carboxylic acids is 1. The molecule has 0 atom stereocenters. The Labute approximate surface area is 128 Å². The third-order valence-corrected chi connectivity index (χ3v) is 3.58. The van der Waals surface area contributed by atoms with E-state index in [0.717, 1.165) is 40.6 Å². The lowest BCUT2D eigenvalue weighted by atomic mass is 10.1. The minimum Gasteiger partial charge on any atom is -0.478 e. The van der Waals surface area contributed by atoms with E-state index in [0.29, 0.717) is 0 Å². The van der Waals surface area contributed by atoms with Crippen LogP contribution < -0.4 is 0 Å². The third-order valence-electron chi connectivity index (χ3n) is 3.58. The maximum absolute atomic E-state index is 10.5. The highest BCUT2D eigenvalue weighted by Crippen LogP contribution is 2.17. The zero-order valence-corrected chi connectivity index (χ0v) is 12.2. The predicted octanol–water partition coefficient (Wildman–Crippen LogP) is 3.49. The SMILES string of the molecule is Cc1nc2ccccc2n1Cc1ccc(/C=C/C(=O)O)cc1. The molecule has 0 aliphatic heterocycles. The first kappa shape index (κ1) is 14.1. The Balaban J connectivity index is 1.86. The van der Waals surface area contributed by atoms with Gasteiger partial charge in [-0.1, -0.05) is 36.4 Å². The number of carboxylic acid groups (broad SMARTS) is 1. The first-order valence-electron chi connectivity index (χ1n) is 7.05. The van der Waals surface area contributed by atoms with Gasteiger partial charge in [0.25, 0.3) is 0 Å². The molecule has 22 heavy (non-hydrogen) atoms. The first-order chi connectivity index (χ1) is 10.6. The van der Waals surface area contributed by atoms with Crippen LogP contribution >= 0.6 is 0 Å². The van der Waals surface area contributed by atoms with Crippen LogP contribution in [0.1, 0.15) is 17.0 Å². The largest absolute Gasteiger partial charge is 0.478 e. The van der Waals surface area contributed by atoms with Gasteiger partial charge in [0.1, 0.15) is 5.82 Å². The van der Waals surface area contributed by atoms with Crippen molar-refractivity contribution < 1.29 is 9.90 Å². The van der Waals surface area contributed by atoms with Gasteiger partial charge >= 0.3 is 5.97 Å². The van der Waals surface area contributed by atoms with Gasteiger partial charge in [0, 0.05) is 12.6 Å². The number of imidazole rings is 1. The van der Waals surface area contributed by atoms with Gasteiger partial charge in [0.15, 0.2) is 0 Å². The maximum Gasteiger partial charge on any atom is 0.328 e. The van der Waals surface area contributed by atoms with E-state index in [1.54, 1.807) is 6.08 Å². The minimum absolute atomic E-state index is 0.745. The second-order valence-electron chi connectivity index (χ2n) is 5.15. The molecule has 0 saturated heterocycles. The zero-order chi connectivity index (χ0) is 15.5. The molecule has 3 rings (SSSR count). The van der Waals surface area contributed by atoms with Crippen LogP contribution in [0.2, 0.25) is 0 Å². The van der Waals surface area contributed by atoms with Gasteiger partial charge in [-0.05, 0) is 36.3 Å². The molecule has 0 radical (unpaired) electrons. The molecular formula is C18H16N2O2. The summed E-state index contributed by atoms with van der Waals surface area (Å²) in [7, 11) is 0. The zero-order valence-electron chi connectivity index (χ0n) is 12.2. The van der Waals surface area contributed by atoms with Crippen LogP contribution in [-0.2, 0) is 11.3 Å². The number of nitrogens with zero attached hydrogens (tertiary/aromatic N) is 2. The Morgan fingerprint density at radius 2 is 1.91 bits per heavy atom. The first-order valence-corrected chi connectivity index (χ1v) is 7.05. The van der Waals surface area contributed by atoms with E-state index in [2.05, 4.69) is 15.6 Å². The minimum atomic E-state index is -0.940. The average molecular weight is 292 g/mol. The Hall–Kier alpha value is -2.88. The Kier molecular flexibility index (Phi) is 3.74. The molecule has 4 heteroatoms. The molecule has 0 aliphatic rings. The summed E-state index contributed by atoms with van der Waals surface area (Å²) in [6.45, 7) is 2.75. The second-order valence-corrected chi connectivity index (χ2v) is 5.15. The van der Waals surface area contributed by atoms with Crippen LogP contribution in [0.4, 0.5) is 0 Å². The highest BCUT2D eigenvalue weighted by Gasteiger charge is 2.06. The van der Waals surface area contributed by atoms with E-state index >= 15 is 0 Å². The molecule has 0 bridgehead atoms. The Morgan fingerprint density at radius 3 is 2.64 bits per heavy atom. The van der Waals surface area contributed by atoms with E-state index in [9.17, 15) is 4.79 Å². The summed E-state index contributed by atoms with van der Waals surface area (Å²) in [5, 5.41) is 8.63. The molecule has 4 nitrogen and oxygen atoms in total. The number of fused-ring (bicyclic) bond motifs is 1. The summed E-state index contributed by atoms with van der Waals surface area (Å²) in [6, 6.07) is 15.9. The highest BCUT2D eigenvalue weighted by molar-refractivity contribution is 5.85. The molecule has 110 valence electrons. The number of carbonyl (C=O) groups is 1. The number of hydrogen-bond donors (Lipinski definition) is 1. The summed E-state index contributed by atoms with van der Waals surface area (Å²) in [4.78, 5) is 15.1. The number of para-hydroxylation sites is 2. The topological polar surface area (TPSA) is 55.1 Å². The van der Waals surface area contributed by atoms with Crippen molar-refractivity contribution in [2.75, 3.05) is 0 Å². The van der Waals surface area contributed by atoms with Crippen molar-refractivity contribution >= 4 is 23.1 Å². The number of carboxylic acids is 1. The van der Waals surface area contributed by atoms with Crippen molar-refractivity contribution in [3.8, 4) is 0 Å².